The number of imide groups is 1. The van der Waals surface area contributed by atoms with E-state index in [1.54, 1.807) is 48.5 Å². The average molecular weight is 486 g/mol. The highest BCUT2D eigenvalue weighted by Gasteiger charge is 2.39. The molecule has 0 rings (SSSR count). The Labute approximate surface area is 184 Å². The van der Waals surface area contributed by atoms with Gasteiger partial charge in [0.05, 0.1) is 11.9 Å². The van der Waals surface area contributed by atoms with E-state index in [2.05, 4.69) is 21.9 Å². The van der Waals surface area contributed by atoms with Crippen molar-refractivity contribution in [2.75, 3.05) is 11.9 Å². The van der Waals surface area contributed by atoms with Gasteiger partial charge in [0.2, 0.25) is 0 Å². The summed E-state index contributed by atoms with van der Waals surface area (Å²) in [7, 11) is 0. The van der Waals surface area contributed by atoms with Crippen LogP contribution in [0.3, 0.4) is 0 Å². The zero-order chi connectivity index (χ0) is 23.9. The molecule has 0 aromatic rings. The first-order valence-electron chi connectivity index (χ1n) is 9.69. The molecule has 29 heavy (non-hydrogen) atoms. The number of ether oxygens (including phenoxy) is 2. The van der Waals surface area contributed by atoms with Crippen LogP contribution in [0.4, 0.5) is 18.4 Å². The summed E-state index contributed by atoms with van der Waals surface area (Å²) in [6.45, 7) is 14.3. The van der Waals surface area contributed by atoms with Gasteiger partial charge in [-0.2, -0.15) is 0 Å². The molecule has 0 spiro atoms. The lowest BCUT2D eigenvalue weighted by molar-refractivity contribution is -0.0546. The van der Waals surface area contributed by atoms with E-state index in [1.165, 1.54) is 0 Å². The maximum atomic E-state index is 14.0. The van der Waals surface area contributed by atoms with E-state index in [-0.39, 0.29) is 0 Å². The van der Waals surface area contributed by atoms with Gasteiger partial charge in [-0.1, -0.05) is 49.0 Å². The number of halogens is 3. The second-order valence-electron chi connectivity index (χ2n) is 7.84. The predicted molar refractivity (Wildman–Crippen MR) is 118 cm³/mol. The summed E-state index contributed by atoms with van der Waals surface area (Å²) in [5.74, 6) is -0.843. The van der Waals surface area contributed by atoms with Crippen LogP contribution in [-0.2, 0) is 9.47 Å². The Morgan fingerprint density at radius 2 is 1.34 bits per heavy atom. The van der Waals surface area contributed by atoms with E-state index >= 15 is 0 Å². The third kappa shape index (κ3) is 21.2. The number of carbonyl (C=O) groups is 2. The van der Waals surface area contributed by atoms with Crippen LogP contribution >= 0.6 is 15.9 Å². The molecule has 172 valence electrons. The molecule has 0 N–H and O–H groups in total. The molecule has 0 saturated carbocycles. The predicted octanol–water partition coefficient (Wildman–Crippen LogP) is 7.02. The van der Waals surface area contributed by atoms with E-state index in [9.17, 15) is 18.4 Å². The molecule has 0 atom stereocenters. The summed E-state index contributed by atoms with van der Waals surface area (Å²) in [5.41, 5.74) is -1.81. The van der Waals surface area contributed by atoms with Crippen LogP contribution in [0.5, 0.6) is 0 Å². The summed E-state index contributed by atoms with van der Waals surface area (Å²) in [6, 6.07) is 0. The zero-order valence-corrected chi connectivity index (χ0v) is 20.9. The molecule has 0 bridgehead atoms. The van der Waals surface area contributed by atoms with Crippen molar-refractivity contribution in [3.8, 4) is 12.3 Å². The van der Waals surface area contributed by atoms with E-state index < -0.39 is 42.3 Å². The lowest BCUT2D eigenvalue weighted by Gasteiger charge is -2.30. The van der Waals surface area contributed by atoms with Gasteiger partial charge in [0, 0.05) is 6.42 Å². The minimum atomic E-state index is -3.19. The van der Waals surface area contributed by atoms with Crippen LogP contribution < -0.4 is 0 Å². The van der Waals surface area contributed by atoms with Crippen LogP contribution in [0.1, 0.15) is 81.6 Å². The summed E-state index contributed by atoms with van der Waals surface area (Å²) in [6.07, 6.45) is 2.93. The van der Waals surface area contributed by atoms with Crippen LogP contribution in [0.2, 0.25) is 0 Å². The average Bonchev–Trinajstić information content (AvgIpc) is 2.57. The molecular weight excluding hydrogens is 448 g/mol. The van der Waals surface area contributed by atoms with Crippen molar-refractivity contribution >= 4 is 28.1 Å². The second kappa shape index (κ2) is 15.5. The lowest BCUT2D eigenvalue weighted by Crippen LogP contribution is -2.48. The molecule has 0 fully saturated rings. The summed E-state index contributed by atoms with van der Waals surface area (Å²) in [4.78, 5) is 24.6. The number of terminal acetylenes is 1. The minimum Gasteiger partial charge on any atom is -0.443 e. The minimum absolute atomic E-state index is 0.295. The third-order valence-electron chi connectivity index (χ3n) is 2.59. The topological polar surface area (TPSA) is 55.8 Å². The van der Waals surface area contributed by atoms with E-state index in [0.717, 1.165) is 0 Å². The van der Waals surface area contributed by atoms with Crippen molar-refractivity contribution in [3.05, 3.63) is 0 Å². The number of hydrogen-bond donors (Lipinski definition) is 0. The molecule has 2 amide bonds. The summed E-state index contributed by atoms with van der Waals surface area (Å²) in [5, 5.41) is 0.660. The lowest BCUT2D eigenvalue weighted by atomic mass is 10.1. The molecule has 5 nitrogen and oxygen atoms in total. The number of alkyl halides is 3. The highest BCUT2D eigenvalue weighted by Crippen LogP contribution is 2.25. The van der Waals surface area contributed by atoms with Gasteiger partial charge in [0.25, 0.3) is 5.92 Å². The standard InChI is InChI=1S/C16H29F2NO4.C3H3Br.C2H6/c1-8-9-10-16(17,18)11-19(12(20)22-14(2,3)4)13(21)23-15(5,6)7;1-2-3-4;1-2/h8-11H2,1-7H3;1H,3H2;1-2H3. The fraction of sp³-hybridized carbons (Fsp3) is 0.810. The SMILES string of the molecule is C#CCBr.CC.CCCCC(F)(F)CN(C(=O)OC(C)(C)C)C(=O)OC(C)(C)C. The Hall–Kier alpha value is -1.36. The summed E-state index contributed by atoms with van der Waals surface area (Å²) < 4.78 is 38.1. The van der Waals surface area contributed by atoms with Crippen LogP contribution in [0.15, 0.2) is 0 Å². The van der Waals surface area contributed by atoms with Crippen LogP contribution in [0, 0.1) is 12.3 Å². The number of rotatable bonds is 5. The molecule has 0 aliphatic rings. The normalized spacial score (nSPS) is 11.0. The van der Waals surface area contributed by atoms with E-state index in [1.807, 2.05) is 13.8 Å². The van der Waals surface area contributed by atoms with Crippen molar-refractivity contribution in [2.45, 2.75) is 98.7 Å². The maximum absolute atomic E-state index is 14.0. The number of hydrogen-bond acceptors (Lipinski definition) is 4. The maximum Gasteiger partial charge on any atom is 0.420 e. The Balaban J connectivity index is -0.000000994. The van der Waals surface area contributed by atoms with Crippen molar-refractivity contribution in [3.63, 3.8) is 0 Å². The molecule has 0 heterocycles. The first kappa shape index (κ1) is 32.3. The van der Waals surface area contributed by atoms with Gasteiger partial charge >= 0.3 is 12.2 Å². The van der Waals surface area contributed by atoms with Crippen molar-refractivity contribution < 1.29 is 27.8 Å². The van der Waals surface area contributed by atoms with Gasteiger partial charge < -0.3 is 9.47 Å². The number of carbonyl (C=O) groups excluding carboxylic acids is 2. The Morgan fingerprint density at radius 3 is 1.59 bits per heavy atom. The molecule has 0 radical (unpaired) electrons. The molecule has 0 aromatic carbocycles. The smallest absolute Gasteiger partial charge is 0.420 e. The number of amides is 2. The van der Waals surface area contributed by atoms with Crippen LogP contribution in [0.25, 0.3) is 0 Å². The Bertz CT molecular complexity index is 478. The largest absolute Gasteiger partial charge is 0.443 e. The van der Waals surface area contributed by atoms with Crippen molar-refractivity contribution in [1.82, 2.24) is 4.90 Å². The molecular formula is C21H38BrF2NO4. The first-order valence-corrected chi connectivity index (χ1v) is 10.8. The van der Waals surface area contributed by atoms with E-state index in [4.69, 9.17) is 15.9 Å². The molecule has 0 saturated heterocycles. The molecule has 8 heteroatoms. The van der Waals surface area contributed by atoms with Gasteiger partial charge in [0.15, 0.2) is 0 Å². The van der Waals surface area contributed by atoms with Crippen LogP contribution in [-0.4, -0.2) is 46.1 Å². The zero-order valence-electron chi connectivity index (χ0n) is 19.3. The van der Waals surface area contributed by atoms with Gasteiger partial charge in [-0.15, -0.1) is 6.42 Å². The number of nitrogens with zero attached hydrogens (tertiary/aromatic N) is 1. The quantitative estimate of drug-likeness (QED) is 0.309. The monoisotopic (exact) mass is 485 g/mol. The Morgan fingerprint density at radius 1 is 1.00 bits per heavy atom. The van der Waals surface area contributed by atoms with E-state index in [0.29, 0.717) is 23.1 Å². The third-order valence-corrected chi connectivity index (χ3v) is 2.91. The molecule has 0 aliphatic carbocycles. The fourth-order valence-corrected chi connectivity index (χ4v) is 1.58. The van der Waals surface area contributed by atoms with Crippen molar-refractivity contribution in [1.29, 1.82) is 0 Å². The molecule has 0 aliphatic heterocycles. The molecule has 0 aromatic heterocycles. The molecule has 0 unspecified atom stereocenters. The van der Waals surface area contributed by atoms with Crippen molar-refractivity contribution in [2.24, 2.45) is 0 Å². The Kier molecular flexibility index (Phi) is 17.2. The van der Waals surface area contributed by atoms with Gasteiger partial charge in [-0.05, 0) is 48.0 Å². The highest BCUT2D eigenvalue weighted by molar-refractivity contribution is 9.09. The van der Waals surface area contributed by atoms with Gasteiger partial charge in [0.1, 0.15) is 11.2 Å². The first-order chi connectivity index (χ1) is 13.1. The second-order valence-corrected chi connectivity index (χ2v) is 8.40. The summed E-state index contributed by atoms with van der Waals surface area (Å²) >= 11 is 3.01. The fourth-order valence-electron chi connectivity index (χ4n) is 1.58. The highest BCUT2D eigenvalue weighted by atomic mass is 79.9. The van der Waals surface area contributed by atoms with Gasteiger partial charge in [-0.3, -0.25) is 0 Å². The van der Waals surface area contributed by atoms with Gasteiger partial charge in [-0.25, -0.2) is 23.3 Å². The number of unbranched alkanes of at least 4 members (excludes halogenated alkanes) is 1.